The van der Waals surface area contributed by atoms with Crippen LogP contribution in [0.5, 0.6) is 0 Å². The van der Waals surface area contributed by atoms with E-state index >= 15 is 0 Å². The van der Waals surface area contributed by atoms with Crippen molar-refractivity contribution in [1.29, 1.82) is 0 Å². The van der Waals surface area contributed by atoms with Gasteiger partial charge in [-0.1, -0.05) is 12.2 Å². The third-order valence-corrected chi connectivity index (χ3v) is 1.41. The zero-order valence-electron chi connectivity index (χ0n) is 5.88. The molecule has 0 aromatic rings. The second kappa shape index (κ2) is 3.11. The maximum atomic E-state index is 5.48. The smallest absolute Gasteiger partial charge is 0.0477 e. The molecule has 1 aliphatic heterocycles. The van der Waals surface area contributed by atoms with Crippen LogP contribution in [0, 0.1) is 0 Å². The first-order chi connectivity index (χ1) is 4.83. The van der Waals surface area contributed by atoms with Gasteiger partial charge in [-0.25, -0.2) is 0 Å². The number of nitrogens with one attached hydrogen (secondary N) is 1. The van der Waals surface area contributed by atoms with Crippen molar-refractivity contribution in [2.45, 2.75) is 12.5 Å². The Morgan fingerprint density at radius 1 is 1.80 bits per heavy atom. The van der Waals surface area contributed by atoms with Gasteiger partial charge >= 0.3 is 0 Å². The molecule has 1 atom stereocenters. The molecule has 0 fully saturated rings. The van der Waals surface area contributed by atoms with Gasteiger partial charge in [-0.3, -0.25) is 0 Å². The van der Waals surface area contributed by atoms with Gasteiger partial charge in [-0.15, -0.1) is 6.58 Å². The fraction of sp³-hybridized carbons (Fsp3) is 0.250. The van der Waals surface area contributed by atoms with Gasteiger partial charge in [0, 0.05) is 17.9 Å². The molecule has 2 heteroatoms. The second-order valence-corrected chi connectivity index (χ2v) is 2.30. The Morgan fingerprint density at radius 2 is 2.60 bits per heavy atom. The molecule has 0 aliphatic carbocycles. The molecule has 0 radical (unpaired) electrons. The highest BCUT2D eigenvalue weighted by Gasteiger charge is 2.01. The summed E-state index contributed by atoms with van der Waals surface area (Å²) < 4.78 is 0. The number of hydrogen-bond donors (Lipinski definition) is 2. The predicted octanol–water partition coefficient (Wildman–Crippen LogP) is 0.891. The van der Waals surface area contributed by atoms with Gasteiger partial charge in [0.05, 0.1) is 0 Å². The van der Waals surface area contributed by atoms with Crippen LogP contribution in [0.2, 0.25) is 0 Å². The molecule has 1 rings (SSSR count). The topological polar surface area (TPSA) is 38.0 Å². The van der Waals surface area contributed by atoms with Crippen LogP contribution >= 0.6 is 0 Å². The van der Waals surface area contributed by atoms with E-state index < -0.39 is 0 Å². The standard InChI is InChI=1S/C8H12N2/c1-2-3-8-5-4-7(9)6-10-8/h2,4-6,8,10H,1,3,9H2. The highest BCUT2D eigenvalue weighted by molar-refractivity contribution is 5.21. The van der Waals surface area contributed by atoms with E-state index in [-0.39, 0.29) is 0 Å². The summed E-state index contributed by atoms with van der Waals surface area (Å²) in [5, 5.41) is 3.12. The summed E-state index contributed by atoms with van der Waals surface area (Å²) in [6, 6.07) is 0.379. The number of rotatable bonds is 2. The Labute approximate surface area is 61.1 Å². The zero-order valence-corrected chi connectivity index (χ0v) is 5.88. The lowest BCUT2D eigenvalue weighted by Crippen LogP contribution is -2.25. The predicted molar refractivity (Wildman–Crippen MR) is 43.1 cm³/mol. The molecule has 2 nitrogen and oxygen atoms in total. The van der Waals surface area contributed by atoms with Crippen molar-refractivity contribution in [2.24, 2.45) is 5.73 Å². The highest BCUT2D eigenvalue weighted by atomic mass is 14.9. The summed E-state index contributed by atoms with van der Waals surface area (Å²) in [6.45, 7) is 3.65. The lowest BCUT2D eigenvalue weighted by molar-refractivity contribution is 0.697. The molecule has 0 aromatic carbocycles. The average Bonchev–Trinajstić information content (AvgIpc) is 1.95. The maximum Gasteiger partial charge on any atom is 0.0477 e. The van der Waals surface area contributed by atoms with Crippen molar-refractivity contribution in [1.82, 2.24) is 5.32 Å². The van der Waals surface area contributed by atoms with Gasteiger partial charge in [0.15, 0.2) is 0 Å². The van der Waals surface area contributed by atoms with Gasteiger partial charge in [0.2, 0.25) is 0 Å². The van der Waals surface area contributed by atoms with E-state index in [0.29, 0.717) is 6.04 Å². The van der Waals surface area contributed by atoms with Gasteiger partial charge in [0.25, 0.3) is 0 Å². The number of allylic oxidation sites excluding steroid dienone is 1. The third kappa shape index (κ3) is 1.65. The summed E-state index contributed by atoms with van der Waals surface area (Å²) in [4.78, 5) is 0. The minimum atomic E-state index is 0.379. The van der Waals surface area contributed by atoms with Crippen molar-refractivity contribution in [3.05, 3.63) is 36.7 Å². The van der Waals surface area contributed by atoms with E-state index in [2.05, 4.69) is 11.9 Å². The highest BCUT2D eigenvalue weighted by Crippen LogP contribution is 2.01. The molecule has 1 heterocycles. The molecular formula is C8H12N2. The largest absolute Gasteiger partial charge is 0.398 e. The van der Waals surface area contributed by atoms with Crippen LogP contribution in [0.15, 0.2) is 36.7 Å². The number of nitrogens with two attached hydrogens (primary N) is 1. The Balaban J connectivity index is 2.44. The molecule has 0 amide bonds. The molecule has 54 valence electrons. The molecular weight excluding hydrogens is 124 g/mol. The van der Waals surface area contributed by atoms with Crippen molar-refractivity contribution in [3.63, 3.8) is 0 Å². The van der Waals surface area contributed by atoms with E-state index in [1.54, 1.807) is 0 Å². The van der Waals surface area contributed by atoms with Gasteiger partial charge in [-0.2, -0.15) is 0 Å². The van der Waals surface area contributed by atoms with E-state index in [0.717, 1.165) is 12.1 Å². The quantitative estimate of drug-likeness (QED) is 0.553. The van der Waals surface area contributed by atoms with Crippen LogP contribution in [0.1, 0.15) is 6.42 Å². The molecule has 0 saturated heterocycles. The molecule has 1 aliphatic rings. The number of dihydropyridines is 1. The lowest BCUT2D eigenvalue weighted by Gasteiger charge is -2.14. The fourth-order valence-corrected chi connectivity index (χ4v) is 0.860. The van der Waals surface area contributed by atoms with Crippen LogP contribution in [-0.4, -0.2) is 6.04 Å². The third-order valence-electron chi connectivity index (χ3n) is 1.41. The summed E-state index contributed by atoms with van der Waals surface area (Å²) >= 11 is 0. The van der Waals surface area contributed by atoms with Crippen LogP contribution < -0.4 is 11.1 Å². The van der Waals surface area contributed by atoms with Crippen molar-refractivity contribution in [2.75, 3.05) is 0 Å². The van der Waals surface area contributed by atoms with E-state index in [1.807, 2.05) is 24.4 Å². The summed E-state index contributed by atoms with van der Waals surface area (Å²) in [7, 11) is 0. The molecule has 0 bridgehead atoms. The van der Waals surface area contributed by atoms with Crippen molar-refractivity contribution >= 4 is 0 Å². The normalized spacial score (nSPS) is 23.2. The maximum absolute atomic E-state index is 5.48. The van der Waals surface area contributed by atoms with Crippen molar-refractivity contribution in [3.8, 4) is 0 Å². The second-order valence-electron chi connectivity index (χ2n) is 2.30. The lowest BCUT2D eigenvalue weighted by atomic mass is 10.1. The first-order valence-corrected chi connectivity index (χ1v) is 3.33. The van der Waals surface area contributed by atoms with Crippen LogP contribution in [-0.2, 0) is 0 Å². The Kier molecular flexibility index (Phi) is 2.15. The summed E-state index contributed by atoms with van der Waals surface area (Å²) in [5.74, 6) is 0. The first-order valence-electron chi connectivity index (χ1n) is 3.33. The SMILES string of the molecule is C=CCC1C=CC(N)=CN1. The van der Waals surface area contributed by atoms with Gasteiger partial charge in [0.1, 0.15) is 0 Å². The van der Waals surface area contributed by atoms with Gasteiger partial charge < -0.3 is 11.1 Å². The van der Waals surface area contributed by atoms with Crippen LogP contribution in [0.3, 0.4) is 0 Å². The zero-order chi connectivity index (χ0) is 7.40. The van der Waals surface area contributed by atoms with Crippen molar-refractivity contribution < 1.29 is 0 Å². The van der Waals surface area contributed by atoms with Crippen LogP contribution in [0.4, 0.5) is 0 Å². The van der Waals surface area contributed by atoms with E-state index in [4.69, 9.17) is 5.73 Å². The number of hydrogen-bond acceptors (Lipinski definition) is 2. The van der Waals surface area contributed by atoms with E-state index in [1.165, 1.54) is 0 Å². The molecule has 0 spiro atoms. The minimum absolute atomic E-state index is 0.379. The summed E-state index contributed by atoms with van der Waals surface area (Å²) in [5.41, 5.74) is 6.26. The molecule has 0 aromatic heterocycles. The monoisotopic (exact) mass is 136 g/mol. The Morgan fingerprint density at radius 3 is 3.10 bits per heavy atom. The average molecular weight is 136 g/mol. The Bertz CT molecular complexity index is 180. The summed E-state index contributed by atoms with van der Waals surface area (Å²) in [6.07, 6.45) is 8.59. The molecule has 10 heavy (non-hydrogen) atoms. The minimum Gasteiger partial charge on any atom is -0.398 e. The molecule has 1 unspecified atom stereocenters. The fourth-order valence-electron chi connectivity index (χ4n) is 0.860. The van der Waals surface area contributed by atoms with Crippen LogP contribution in [0.25, 0.3) is 0 Å². The Hall–Kier alpha value is -1.18. The molecule has 3 N–H and O–H groups in total. The molecule has 0 saturated carbocycles. The first kappa shape index (κ1) is 6.93. The van der Waals surface area contributed by atoms with E-state index in [9.17, 15) is 0 Å². The van der Waals surface area contributed by atoms with Gasteiger partial charge in [-0.05, 0) is 12.5 Å².